The van der Waals surface area contributed by atoms with Gasteiger partial charge in [0.25, 0.3) is 0 Å². The normalized spacial score (nSPS) is 10.9. The lowest BCUT2D eigenvalue weighted by molar-refractivity contribution is 0.103. The van der Waals surface area contributed by atoms with Crippen LogP contribution in [0.1, 0.15) is 33.0 Å². The van der Waals surface area contributed by atoms with Crippen LogP contribution < -0.4 is 5.43 Å². The molecule has 0 saturated carbocycles. The minimum absolute atomic E-state index is 0.114. The Hall–Kier alpha value is -3.60. The van der Waals surface area contributed by atoms with Crippen molar-refractivity contribution in [2.24, 2.45) is 0 Å². The van der Waals surface area contributed by atoms with E-state index in [9.17, 15) is 9.59 Å². The summed E-state index contributed by atoms with van der Waals surface area (Å²) >= 11 is 0. The molecule has 4 aromatic rings. The van der Waals surface area contributed by atoms with Crippen molar-refractivity contribution >= 4 is 16.7 Å². The van der Waals surface area contributed by atoms with E-state index in [0.29, 0.717) is 11.9 Å². The molecule has 28 heavy (non-hydrogen) atoms. The van der Waals surface area contributed by atoms with E-state index >= 15 is 0 Å². The fraction of sp³-hybridized carbons (Fsp3) is 0.130. The zero-order valence-corrected chi connectivity index (χ0v) is 15.7. The molecule has 4 rings (SSSR count). The summed E-state index contributed by atoms with van der Waals surface area (Å²) in [4.78, 5) is 34.7. The van der Waals surface area contributed by atoms with Gasteiger partial charge in [0, 0.05) is 23.5 Å². The second-order valence-corrected chi connectivity index (χ2v) is 6.84. The number of carbonyl (C=O) groups excluding carboxylic acids is 1. The molecule has 0 bridgehead atoms. The number of carbonyl (C=O) groups is 1. The molecular weight excluding hydrogens is 350 g/mol. The molecule has 138 valence electrons. The number of fused-ring (bicyclic) bond motifs is 1. The van der Waals surface area contributed by atoms with Crippen molar-refractivity contribution in [3.8, 4) is 0 Å². The molecule has 5 nitrogen and oxygen atoms in total. The molecule has 0 aliphatic rings. The summed E-state index contributed by atoms with van der Waals surface area (Å²) in [6.45, 7) is 4.30. The maximum atomic E-state index is 13.0. The van der Waals surface area contributed by atoms with Crippen LogP contribution in [0.15, 0.2) is 71.8 Å². The van der Waals surface area contributed by atoms with E-state index in [1.165, 1.54) is 0 Å². The number of hydrogen-bond donors (Lipinski definition) is 0. The SMILES string of the molecule is Cc1ccc(C(=O)c2cn(Cc3cccc(C)n3)c3ccccc3c2=O)nc1. The van der Waals surface area contributed by atoms with E-state index in [1.54, 1.807) is 30.6 Å². The van der Waals surface area contributed by atoms with E-state index in [-0.39, 0.29) is 22.5 Å². The van der Waals surface area contributed by atoms with Crippen molar-refractivity contribution in [3.05, 3.63) is 105 Å². The molecule has 0 atom stereocenters. The molecule has 5 heteroatoms. The van der Waals surface area contributed by atoms with E-state index in [4.69, 9.17) is 0 Å². The lowest BCUT2D eigenvalue weighted by atomic mass is 10.1. The van der Waals surface area contributed by atoms with Gasteiger partial charge in [0.2, 0.25) is 11.2 Å². The van der Waals surface area contributed by atoms with Crippen LogP contribution in [-0.4, -0.2) is 20.3 Å². The van der Waals surface area contributed by atoms with Gasteiger partial charge >= 0.3 is 0 Å². The smallest absolute Gasteiger partial charge is 0.216 e. The molecule has 0 amide bonds. The fourth-order valence-electron chi connectivity index (χ4n) is 3.24. The van der Waals surface area contributed by atoms with Crippen molar-refractivity contribution in [3.63, 3.8) is 0 Å². The van der Waals surface area contributed by atoms with Crippen LogP contribution in [0.4, 0.5) is 0 Å². The van der Waals surface area contributed by atoms with Gasteiger partial charge in [-0.05, 0) is 49.7 Å². The lowest BCUT2D eigenvalue weighted by Crippen LogP contribution is -2.21. The van der Waals surface area contributed by atoms with Gasteiger partial charge in [0.05, 0.1) is 23.3 Å². The number of hydrogen-bond acceptors (Lipinski definition) is 4. The second-order valence-electron chi connectivity index (χ2n) is 6.84. The van der Waals surface area contributed by atoms with Crippen molar-refractivity contribution in [2.75, 3.05) is 0 Å². The van der Waals surface area contributed by atoms with E-state index in [0.717, 1.165) is 22.5 Å². The van der Waals surface area contributed by atoms with Gasteiger partial charge in [-0.15, -0.1) is 0 Å². The summed E-state index contributed by atoms with van der Waals surface area (Å²) < 4.78 is 1.90. The molecule has 3 aromatic heterocycles. The standard InChI is InChI=1S/C23H19N3O2/c1-15-10-11-20(24-12-15)23(28)19-14-26(13-17-7-5-6-16(2)25-17)21-9-4-3-8-18(21)22(19)27/h3-12,14H,13H2,1-2H3. The van der Waals surface area contributed by atoms with Gasteiger partial charge in [-0.2, -0.15) is 0 Å². The van der Waals surface area contributed by atoms with Crippen molar-refractivity contribution in [1.29, 1.82) is 0 Å². The first kappa shape index (κ1) is 17.8. The lowest BCUT2D eigenvalue weighted by Gasteiger charge is -2.13. The molecule has 0 fully saturated rings. The molecule has 1 aromatic carbocycles. The zero-order chi connectivity index (χ0) is 19.7. The second kappa shape index (κ2) is 7.19. The predicted octanol–water partition coefficient (Wildman–Crippen LogP) is 3.69. The maximum Gasteiger partial charge on any atom is 0.216 e. The number of nitrogens with zero attached hydrogens (tertiary/aromatic N) is 3. The van der Waals surface area contributed by atoms with Crippen molar-refractivity contribution in [1.82, 2.24) is 14.5 Å². The Morgan fingerprint density at radius 1 is 1.00 bits per heavy atom. The number of pyridine rings is 3. The Kier molecular flexibility index (Phi) is 4.57. The number of benzene rings is 1. The highest BCUT2D eigenvalue weighted by Gasteiger charge is 2.18. The average molecular weight is 369 g/mol. The van der Waals surface area contributed by atoms with Gasteiger partial charge in [0.15, 0.2) is 0 Å². The number of aromatic nitrogens is 3. The molecule has 0 saturated heterocycles. The first-order chi connectivity index (χ1) is 13.5. The Balaban J connectivity index is 1.87. The molecule has 0 aliphatic heterocycles. The molecule has 0 aliphatic carbocycles. The molecular formula is C23H19N3O2. The topological polar surface area (TPSA) is 64.8 Å². The van der Waals surface area contributed by atoms with Gasteiger partial charge in [-0.3, -0.25) is 19.6 Å². The molecule has 0 N–H and O–H groups in total. The minimum Gasteiger partial charge on any atom is -0.340 e. The molecule has 3 heterocycles. The van der Waals surface area contributed by atoms with Crippen molar-refractivity contribution < 1.29 is 4.79 Å². The molecule has 0 unspecified atom stereocenters. The van der Waals surface area contributed by atoms with Crippen LogP contribution in [-0.2, 0) is 6.54 Å². The summed E-state index contributed by atoms with van der Waals surface area (Å²) in [5.41, 5.74) is 3.60. The highest BCUT2D eigenvalue weighted by Crippen LogP contribution is 2.15. The van der Waals surface area contributed by atoms with Crippen LogP contribution in [0.5, 0.6) is 0 Å². The zero-order valence-electron chi connectivity index (χ0n) is 15.7. The van der Waals surface area contributed by atoms with Gasteiger partial charge in [0.1, 0.15) is 5.69 Å². The van der Waals surface area contributed by atoms with E-state index in [1.807, 2.05) is 54.8 Å². The Morgan fingerprint density at radius 2 is 1.82 bits per heavy atom. The Bertz CT molecular complexity index is 1240. The molecule has 0 spiro atoms. The summed E-state index contributed by atoms with van der Waals surface area (Å²) in [6.07, 6.45) is 3.25. The summed E-state index contributed by atoms with van der Waals surface area (Å²) in [5.74, 6) is -0.373. The van der Waals surface area contributed by atoms with Gasteiger partial charge < -0.3 is 4.57 Å². The summed E-state index contributed by atoms with van der Waals surface area (Å²) in [5, 5.41) is 0.508. The third-order valence-corrected chi connectivity index (χ3v) is 4.65. The van der Waals surface area contributed by atoms with Crippen molar-refractivity contribution in [2.45, 2.75) is 20.4 Å². The number of aryl methyl sites for hydroxylation is 2. The summed E-state index contributed by atoms with van der Waals surface area (Å²) in [7, 11) is 0. The van der Waals surface area contributed by atoms with E-state index in [2.05, 4.69) is 9.97 Å². The highest BCUT2D eigenvalue weighted by atomic mass is 16.1. The fourth-order valence-corrected chi connectivity index (χ4v) is 3.24. The first-order valence-corrected chi connectivity index (χ1v) is 9.05. The highest BCUT2D eigenvalue weighted by molar-refractivity contribution is 6.08. The monoisotopic (exact) mass is 369 g/mol. The third kappa shape index (κ3) is 3.34. The first-order valence-electron chi connectivity index (χ1n) is 9.05. The van der Waals surface area contributed by atoms with Crippen LogP contribution in [0.25, 0.3) is 10.9 Å². The quantitative estimate of drug-likeness (QED) is 0.515. The van der Waals surface area contributed by atoms with Crippen LogP contribution in [0, 0.1) is 13.8 Å². The third-order valence-electron chi connectivity index (χ3n) is 4.65. The number of para-hydroxylation sites is 1. The largest absolute Gasteiger partial charge is 0.340 e. The van der Waals surface area contributed by atoms with Gasteiger partial charge in [-0.1, -0.05) is 24.3 Å². The minimum atomic E-state index is -0.373. The predicted molar refractivity (Wildman–Crippen MR) is 109 cm³/mol. The van der Waals surface area contributed by atoms with Gasteiger partial charge in [-0.25, -0.2) is 0 Å². The van der Waals surface area contributed by atoms with Crippen LogP contribution >= 0.6 is 0 Å². The summed E-state index contributed by atoms with van der Waals surface area (Å²) in [6, 6.07) is 16.6. The van der Waals surface area contributed by atoms with Crippen LogP contribution in [0.3, 0.4) is 0 Å². The van der Waals surface area contributed by atoms with Crippen LogP contribution in [0.2, 0.25) is 0 Å². The maximum absolute atomic E-state index is 13.0. The number of rotatable bonds is 4. The Labute approximate surface area is 162 Å². The average Bonchev–Trinajstić information content (AvgIpc) is 2.70. The van der Waals surface area contributed by atoms with E-state index < -0.39 is 0 Å². The molecule has 0 radical (unpaired) electrons. The number of ketones is 1. The Morgan fingerprint density at radius 3 is 2.57 bits per heavy atom.